The molecule has 0 unspecified atom stereocenters. The van der Waals surface area contributed by atoms with Crippen molar-refractivity contribution in [3.8, 4) is 0 Å². The monoisotopic (exact) mass is 506 g/mol. The van der Waals surface area contributed by atoms with Gasteiger partial charge in [-0.15, -0.1) is 24.0 Å². The predicted octanol–water partition coefficient (Wildman–Crippen LogP) is 2.06. The average molecular weight is 506 g/mol. The highest BCUT2D eigenvalue weighted by Gasteiger charge is 2.22. The Morgan fingerprint density at radius 3 is 2.64 bits per heavy atom. The molecule has 160 valence electrons. The number of halogens is 1. The van der Waals surface area contributed by atoms with Gasteiger partial charge in [0.15, 0.2) is 11.7 Å². The molecular formula is C19H35IN6O2. The Morgan fingerprint density at radius 1 is 1.36 bits per heavy atom. The lowest BCUT2D eigenvalue weighted by Gasteiger charge is -2.30. The normalized spacial score (nSPS) is 16.1. The maximum Gasteiger partial charge on any atom is 0.220 e. The number of hydrogen-bond donors (Lipinski definition) is 3. The van der Waals surface area contributed by atoms with Gasteiger partial charge in [0.2, 0.25) is 5.91 Å². The van der Waals surface area contributed by atoms with Crippen LogP contribution in [0.2, 0.25) is 0 Å². The van der Waals surface area contributed by atoms with Gasteiger partial charge < -0.3 is 25.8 Å². The Kier molecular flexibility index (Phi) is 11.4. The van der Waals surface area contributed by atoms with E-state index in [1.807, 2.05) is 6.07 Å². The van der Waals surface area contributed by atoms with Crippen LogP contribution in [0.1, 0.15) is 56.9 Å². The van der Waals surface area contributed by atoms with Crippen LogP contribution in [0.5, 0.6) is 0 Å². The zero-order valence-corrected chi connectivity index (χ0v) is 19.6. The van der Waals surface area contributed by atoms with Gasteiger partial charge in [0, 0.05) is 25.6 Å². The number of piperidine rings is 1. The van der Waals surface area contributed by atoms with Crippen LogP contribution < -0.4 is 16.4 Å². The van der Waals surface area contributed by atoms with Crippen molar-refractivity contribution in [1.29, 1.82) is 0 Å². The number of unbranched alkanes of at least 4 members (excludes halogenated alkanes) is 1. The molecular weight excluding hydrogens is 471 g/mol. The predicted molar refractivity (Wildman–Crippen MR) is 122 cm³/mol. The van der Waals surface area contributed by atoms with Gasteiger partial charge in [0.25, 0.3) is 0 Å². The first-order chi connectivity index (χ1) is 13.0. The summed E-state index contributed by atoms with van der Waals surface area (Å²) >= 11 is 0. The summed E-state index contributed by atoms with van der Waals surface area (Å²) in [5, 5.41) is 10.6. The van der Waals surface area contributed by atoms with Crippen molar-refractivity contribution < 1.29 is 9.32 Å². The molecule has 0 aliphatic carbocycles. The van der Waals surface area contributed by atoms with Crippen molar-refractivity contribution in [1.82, 2.24) is 20.7 Å². The van der Waals surface area contributed by atoms with Gasteiger partial charge in [0.05, 0.1) is 12.2 Å². The number of carbonyl (C=O) groups excluding carboxylic acids is 1. The Labute approximate surface area is 185 Å². The molecule has 1 aromatic heterocycles. The smallest absolute Gasteiger partial charge is 0.220 e. The number of nitrogens with zero attached hydrogens (tertiary/aromatic N) is 3. The number of guanidine groups is 1. The van der Waals surface area contributed by atoms with E-state index in [1.165, 1.54) is 0 Å². The van der Waals surface area contributed by atoms with E-state index in [0.717, 1.165) is 69.3 Å². The van der Waals surface area contributed by atoms with Gasteiger partial charge in [-0.3, -0.25) is 9.79 Å². The van der Waals surface area contributed by atoms with Gasteiger partial charge in [0.1, 0.15) is 0 Å². The van der Waals surface area contributed by atoms with Crippen molar-refractivity contribution in [2.75, 3.05) is 33.2 Å². The highest BCUT2D eigenvalue weighted by atomic mass is 127. The number of likely N-dealkylation sites (tertiary alicyclic amines) is 1. The fraction of sp³-hybridized carbons (Fsp3) is 0.737. The third-order valence-electron chi connectivity index (χ3n) is 5.01. The molecule has 8 nitrogen and oxygen atoms in total. The average Bonchev–Trinajstić information content (AvgIpc) is 3.13. The lowest BCUT2D eigenvalue weighted by molar-refractivity contribution is -0.123. The van der Waals surface area contributed by atoms with Crippen LogP contribution in [0.3, 0.4) is 0 Å². The van der Waals surface area contributed by atoms with E-state index in [4.69, 9.17) is 10.3 Å². The maximum absolute atomic E-state index is 11.2. The van der Waals surface area contributed by atoms with Crippen LogP contribution in [0, 0.1) is 5.92 Å². The Morgan fingerprint density at radius 2 is 2.07 bits per heavy atom. The minimum absolute atomic E-state index is 0. The van der Waals surface area contributed by atoms with E-state index in [2.05, 4.69) is 39.5 Å². The molecule has 0 spiro atoms. The Bertz CT molecular complexity index is 611. The number of nitrogens with one attached hydrogen (secondary N) is 2. The minimum atomic E-state index is -0.150. The molecule has 0 atom stereocenters. The van der Waals surface area contributed by atoms with E-state index in [1.54, 1.807) is 7.05 Å². The molecule has 1 fully saturated rings. The molecule has 4 N–H and O–H groups in total. The van der Waals surface area contributed by atoms with Crippen molar-refractivity contribution in [3.63, 3.8) is 0 Å². The number of amides is 1. The Hall–Kier alpha value is -1.36. The first-order valence-corrected chi connectivity index (χ1v) is 9.91. The van der Waals surface area contributed by atoms with E-state index < -0.39 is 0 Å². The summed E-state index contributed by atoms with van der Waals surface area (Å²) in [7, 11) is 1.76. The van der Waals surface area contributed by atoms with Crippen molar-refractivity contribution in [2.24, 2.45) is 16.6 Å². The lowest BCUT2D eigenvalue weighted by atomic mass is 9.96. The summed E-state index contributed by atoms with van der Waals surface area (Å²) in [5.41, 5.74) is 6.34. The van der Waals surface area contributed by atoms with Gasteiger partial charge in [-0.05, 0) is 51.2 Å². The second-order valence-corrected chi connectivity index (χ2v) is 7.45. The van der Waals surface area contributed by atoms with Crippen molar-refractivity contribution >= 4 is 35.8 Å². The number of carbonyl (C=O) groups is 1. The summed E-state index contributed by atoms with van der Waals surface area (Å²) in [4.78, 5) is 17.9. The van der Waals surface area contributed by atoms with Gasteiger partial charge in [-0.2, -0.15) is 0 Å². The minimum Gasteiger partial charge on any atom is -0.369 e. The van der Waals surface area contributed by atoms with E-state index in [9.17, 15) is 4.79 Å². The first-order valence-electron chi connectivity index (χ1n) is 9.91. The number of hydrogen-bond acceptors (Lipinski definition) is 5. The second kappa shape index (κ2) is 13.0. The van der Waals surface area contributed by atoms with Gasteiger partial charge in [-0.25, -0.2) is 0 Å². The molecule has 28 heavy (non-hydrogen) atoms. The molecule has 9 heteroatoms. The molecule has 2 heterocycles. The quantitative estimate of drug-likeness (QED) is 0.205. The third-order valence-corrected chi connectivity index (χ3v) is 5.01. The SMILES string of the molecule is CN=C(NCCCCN1CCC(C(N)=O)CC1)NCc1cc(C(C)C)no1.I. The van der Waals surface area contributed by atoms with Crippen LogP contribution in [0.25, 0.3) is 0 Å². The number of aliphatic imine (C=N–C) groups is 1. The molecule has 2 rings (SSSR count). The molecule has 1 saturated heterocycles. The van der Waals surface area contributed by atoms with E-state index in [-0.39, 0.29) is 35.8 Å². The largest absolute Gasteiger partial charge is 0.369 e. The zero-order valence-electron chi connectivity index (χ0n) is 17.2. The van der Waals surface area contributed by atoms with E-state index >= 15 is 0 Å². The van der Waals surface area contributed by atoms with Crippen LogP contribution in [-0.4, -0.2) is 55.2 Å². The van der Waals surface area contributed by atoms with Crippen molar-refractivity contribution in [2.45, 2.75) is 52.0 Å². The van der Waals surface area contributed by atoms with Crippen LogP contribution in [0.4, 0.5) is 0 Å². The summed E-state index contributed by atoms with van der Waals surface area (Å²) < 4.78 is 5.32. The maximum atomic E-state index is 11.2. The Balaban J connectivity index is 0.00000392. The standard InChI is InChI=1S/C19H34N6O2.HI/c1-14(2)17-12-16(27-24-17)13-23-19(21-3)22-8-4-5-9-25-10-6-15(7-11-25)18(20)26;/h12,14-15H,4-11,13H2,1-3H3,(H2,20,26)(H2,21,22,23);1H. The van der Waals surface area contributed by atoms with E-state index in [0.29, 0.717) is 12.5 Å². The fourth-order valence-electron chi connectivity index (χ4n) is 3.18. The number of rotatable bonds is 9. The van der Waals surface area contributed by atoms with Crippen LogP contribution in [0.15, 0.2) is 15.6 Å². The highest BCUT2D eigenvalue weighted by Crippen LogP contribution is 2.17. The topological polar surface area (TPSA) is 109 Å². The van der Waals surface area contributed by atoms with Crippen LogP contribution >= 0.6 is 24.0 Å². The fourth-order valence-corrected chi connectivity index (χ4v) is 3.18. The number of primary amides is 1. The molecule has 0 bridgehead atoms. The van der Waals surface area contributed by atoms with Crippen molar-refractivity contribution in [3.05, 3.63) is 17.5 Å². The summed E-state index contributed by atoms with van der Waals surface area (Å²) in [6, 6.07) is 1.98. The van der Waals surface area contributed by atoms with Gasteiger partial charge in [-0.1, -0.05) is 19.0 Å². The number of nitrogens with two attached hydrogens (primary N) is 1. The molecule has 1 amide bonds. The molecule has 1 aliphatic heterocycles. The van der Waals surface area contributed by atoms with Gasteiger partial charge >= 0.3 is 0 Å². The summed E-state index contributed by atoms with van der Waals surface area (Å²) in [5.74, 6) is 1.85. The van der Waals surface area contributed by atoms with Crippen LogP contribution in [-0.2, 0) is 11.3 Å². The summed E-state index contributed by atoms with van der Waals surface area (Å²) in [6.45, 7) is 8.62. The molecule has 0 aromatic carbocycles. The summed E-state index contributed by atoms with van der Waals surface area (Å²) in [6.07, 6.45) is 3.97. The lowest BCUT2D eigenvalue weighted by Crippen LogP contribution is -2.39. The molecule has 0 radical (unpaired) electrons. The molecule has 0 saturated carbocycles. The molecule has 1 aliphatic rings. The second-order valence-electron chi connectivity index (χ2n) is 7.45. The first kappa shape index (κ1) is 24.7. The highest BCUT2D eigenvalue weighted by molar-refractivity contribution is 14.0. The third kappa shape index (κ3) is 8.34. The zero-order chi connectivity index (χ0) is 19.6. The number of aromatic nitrogens is 1. The molecule has 1 aromatic rings.